The highest BCUT2D eigenvalue weighted by Gasteiger charge is 2.18. The molecule has 0 aromatic heterocycles. The zero-order valence-corrected chi connectivity index (χ0v) is 10.5. The van der Waals surface area contributed by atoms with E-state index in [1.807, 2.05) is 0 Å². The monoisotopic (exact) mass is 230 g/mol. The minimum absolute atomic E-state index is 0.222. The Hall–Kier alpha value is -1.10. The molecule has 0 rings (SSSR count). The molecular formula is C11H22N2O3. The number of carboxylic acid groups (broad SMARTS) is 1. The summed E-state index contributed by atoms with van der Waals surface area (Å²) in [7, 11) is 0. The fourth-order valence-electron chi connectivity index (χ4n) is 1.16. The summed E-state index contributed by atoms with van der Waals surface area (Å²) in [5, 5.41) is 14.2. The molecule has 0 heterocycles. The van der Waals surface area contributed by atoms with Crippen LogP contribution < -0.4 is 10.6 Å². The van der Waals surface area contributed by atoms with E-state index in [9.17, 15) is 9.59 Å². The van der Waals surface area contributed by atoms with Gasteiger partial charge in [-0.15, -0.1) is 0 Å². The molecule has 0 spiro atoms. The third-order valence-electron chi connectivity index (χ3n) is 2.08. The third-order valence-corrected chi connectivity index (χ3v) is 2.08. The summed E-state index contributed by atoms with van der Waals surface area (Å²) in [4.78, 5) is 21.5. The largest absolute Gasteiger partial charge is 0.480 e. The van der Waals surface area contributed by atoms with Crippen molar-refractivity contribution in [1.82, 2.24) is 10.6 Å². The van der Waals surface area contributed by atoms with Crippen molar-refractivity contribution in [3.05, 3.63) is 0 Å². The molecule has 0 bridgehead atoms. The van der Waals surface area contributed by atoms with Gasteiger partial charge in [-0.05, 0) is 18.4 Å². The van der Waals surface area contributed by atoms with Gasteiger partial charge in [0.2, 0.25) is 5.91 Å². The molecule has 0 aliphatic carbocycles. The number of aliphatic carboxylic acids is 1. The molecule has 0 saturated carbocycles. The van der Waals surface area contributed by atoms with E-state index in [2.05, 4.69) is 31.4 Å². The molecule has 3 N–H and O–H groups in total. The molecule has 5 nitrogen and oxygen atoms in total. The predicted molar refractivity (Wildman–Crippen MR) is 62.2 cm³/mol. The summed E-state index contributed by atoms with van der Waals surface area (Å²) in [5.41, 5.74) is 0.222. The number of nitrogens with one attached hydrogen (secondary N) is 2. The van der Waals surface area contributed by atoms with Crippen molar-refractivity contribution in [2.45, 2.75) is 40.2 Å². The Morgan fingerprint density at radius 2 is 1.88 bits per heavy atom. The number of hydrogen-bond acceptors (Lipinski definition) is 3. The molecule has 0 aromatic rings. The maximum Gasteiger partial charge on any atom is 0.327 e. The molecule has 0 radical (unpaired) electrons. The second-order valence-electron chi connectivity index (χ2n) is 5.11. The van der Waals surface area contributed by atoms with E-state index in [0.717, 1.165) is 13.0 Å². The van der Waals surface area contributed by atoms with Crippen LogP contribution in [0, 0.1) is 5.41 Å². The summed E-state index contributed by atoms with van der Waals surface area (Å²) >= 11 is 0. The second kappa shape index (κ2) is 6.48. The number of carbonyl (C=O) groups excluding carboxylic acids is 1. The molecule has 0 fully saturated rings. The van der Waals surface area contributed by atoms with E-state index in [4.69, 9.17) is 5.11 Å². The van der Waals surface area contributed by atoms with E-state index >= 15 is 0 Å². The van der Waals surface area contributed by atoms with E-state index in [1.165, 1.54) is 6.92 Å². The van der Waals surface area contributed by atoms with Crippen molar-refractivity contribution in [3.63, 3.8) is 0 Å². The van der Waals surface area contributed by atoms with Gasteiger partial charge in [-0.1, -0.05) is 20.8 Å². The molecule has 0 aliphatic heterocycles. The van der Waals surface area contributed by atoms with Crippen molar-refractivity contribution < 1.29 is 14.7 Å². The topological polar surface area (TPSA) is 78.4 Å². The zero-order valence-electron chi connectivity index (χ0n) is 10.5. The molecular weight excluding hydrogens is 208 g/mol. The second-order valence-corrected chi connectivity index (χ2v) is 5.11. The van der Waals surface area contributed by atoms with Gasteiger partial charge >= 0.3 is 5.97 Å². The Balaban J connectivity index is 3.86. The van der Waals surface area contributed by atoms with Gasteiger partial charge in [0.15, 0.2) is 0 Å². The number of carboxylic acids is 1. The summed E-state index contributed by atoms with van der Waals surface area (Å²) in [6.07, 6.45) is 0.958. The first kappa shape index (κ1) is 14.9. The zero-order chi connectivity index (χ0) is 12.8. The first-order chi connectivity index (χ1) is 7.22. The van der Waals surface area contributed by atoms with Crippen LogP contribution in [0.3, 0.4) is 0 Å². The lowest BCUT2D eigenvalue weighted by Gasteiger charge is -2.19. The van der Waals surface area contributed by atoms with Crippen LogP contribution in [0.15, 0.2) is 0 Å². The molecule has 1 amide bonds. The van der Waals surface area contributed by atoms with E-state index in [-0.39, 0.29) is 17.9 Å². The molecule has 0 saturated heterocycles. The Morgan fingerprint density at radius 1 is 1.31 bits per heavy atom. The Morgan fingerprint density at radius 3 is 2.25 bits per heavy atom. The SMILES string of the molecule is CC(=O)NC(CNCCC(C)(C)C)C(=O)O. The normalized spacial score (nSPS) is 13.2. The van der Waals surface area contributed by atoms with Crippen LogP contribution in [0.5, 0.6) is 0 Å². The van der Waals surface area contributed by atoms with Crippen molar-refractivity contribution in [2.24, 2.45) is 5.41 Å². The number of carbonyl (C=O) groups is 2. The van der Waals surface area contributed by atoms with Gasteiger partial charge in [-0.3, -0.25) is 4.79 Å². The highest BCUT2D eigenvalue weighted by molar-refractivity contribution is 5.82. The number of rotatable bonds is 6. The lowest BCUT2D eigenvalue weighted by Crippen LogP contribution is -2.46. The minimum Gasteiger partial charge on any atom is -0.480 e. The van der Waals surface area contributed by atoms with Crippen LogP contribution >= 0.6 is 0 Å². The first-order valence-corrected chi connectivity index (χ1v) is 5.43. The lowest BCUT2D eigenvalue weighted by atomic mass is 9.92. The molecule has 16 heavy (non-hydrogen) atoms. The summed E-state index contributed by atoms with van der Waals surface area (Å²) in [6, 6.07) is -0.850. The smallest absolute Gasteiger partial charge is 0.327 e. The van der Waals surface area contributed by atoms with Gasteiger partial charge in [-0.25, -0.2) is 4.79 Å². The molecule has 1 atom stereocenters. The highest BCUT2D eigenvalue weighted by Crippen LogP contribution is 2.16. The van der Waals surface area contributed by atoms with Gasteiger partial charge in [0.25, 0.3) is 0 Å². The highest BCUT2D eigenvalue weighted by atomic mass is 16.4. The van der Waals surface area contributed by atoms with Crippen LogP contribution in [-0.2, 0) is 9.59 Å². The van der Waals surface area contributed by atoms with Crippen molar-refractivity contribution in [1.29, 1.82) is 0 Å². The fourth-order valence-corrected chi connectivity index (χ4v) is 1.16. The number of amides is 1. The van der Waals surface area contributed by atoms with Crippen LogP contribution in [0.25, 0.3) is 0 Å². The van der Waals surface area contributed by atoms with Gasteiger partial charge in [0, 0.05) is 13.5 Å². The Bertz CT molecular complexity index is 246. The van der Waals surface area contributed by atoms with E-state index in [1.54, 1.807) is 0 Å². The standard InChI is InChI=1S/C11H22N2O3/c1-8(14)13-9(10(15)16)7-12-6-5-11(2,3)4/h9,12H,5-7H2,1-4H3,(H,13,14)(H,15,16). The summed E-state index contributed by atoms with van der Waals surface area (Å²) in [5.74, 6) is -1.34. The minimum atomic E-state index is -1.02. The maximum absolute atomic E-state index is 10.8. The Kier molecular flexibility index (Phi) is 6.03. The third kappa shape index (κ3) is 8.23. The first-order valence-electron chi connectivity index (χ1n) is 5.43. The molecule has 1 unspecified atom stereocenters. The van der Waals surface area contributed by atoms with Crippen LogP contribution in [0.4, 0.5) is 0 Å². The average molecular weight is 230 g/mol. The van der Waals surface area contributed by atoms with Crippen molar-refractivity contribution in [2.75, 3.05) is 13.1 Å². The van der Waals surface area contributed by atoms with E-state index < -0.39 is 12.0 Å². The molecule has 5 heteroatoms. The predicted octanol–water partition coefficient (Wildman–Crippen LogP) is 0.601. The van der Waals surface area contributed by atoms with E-state index in [0.29, 0.717) is 0 Å². The Labute approximate surface area is 96.6 Å². The molecule has 0 aliphatic rings. The maximum atomic E-state index is 10.8. The van der Waals surface area contributed by atoms with Crippen molar-refractivity contribution >= 4 is 11.9 Å². The van der Waals surface area contributed by atoms with Gasteiger partial charge in [0.05, 0.1) is 0 Å². The van der Waals surface area contributed by atoms with Crippen LogP contribution in [0.2, 0.25) is 0 Å². The average Bonchev–Trinajstić information content (AvgIpc) is 2.07. The molecule has 0 aromatic carbocycles. The summed E-state index contributed by atoms with van der Waals surface area (Å²) in [6.45, 7) is 8.68. The fraction of sp³-hybridized carbons (Fsp3) is 0.818. The van der Waals surface area contributed by atoms with Gasteiger partial charge in [0.1, 0.15) is 6.04 Å². The van der Waals surface area contributed by atoms with Crippen LogP contribution in [-0.4, -0.2) is 36.1 Å². The lowest BCUT2D eigenvalue weighted by molar-refractivity contribution is -0.141. The van der Waals surface area contributed by atoms with Gasteiger partial charge < -0.3 is 15.7 Å². The quantitative estimate of drug-likeness (QED) is 0.584. The van der Waals surface area contributed by atoms with Crippen LogP contribution in [0.1, 0.15) is 34.1 Å². The number of hydrogen-bond donors (Lipinski definition) is 3. The molecule has 94 valence electrons. The summed E-state index contributed by atoms with van der Waals surface area (Å²) < 4.78 is 0. The van der Waals surface area contributed by atoms with Crippen molar-refractivity contribution in [3.8, 4) is 0 Å². The van der Waals surface area contributed by atoms with Gasteiger partial charge in [-0.2, -0.15) is 0 Å².